The topological polar surface area (TPSA) is 118 Å². The van der Waals surface area contributed by atoms with Gasteiger partial charge in [0.25, 0.3) is 0 Å². The van der Waals surface area contributed by atoms with E-state index in [2.05, 4.69) is 15.2 Å². The van der Waals surface area contributed by atoms with Crippen molar-refractivity contribution in [2.75, 3.05) is 52.4 Å². The van der Waals surface area contributed by atoms with Gasteiger partial charge in [-0.3, -0.25) is 9.59 Å². The van der Waals surface area contributed by atoms with Gasteiger partial charge >= 0.3 is 4.87 Å². The zero-order valence-corrected chi connectivity index (χ0v) is 26.7. The summed E-state index contributed by atoms with van der Waals surface area (Å²) in [5, 5.41) is 25.9. The number of phenolic OH excluding ortho intramolecular Hbond substituents is 1. The highest BCUT2D eigenvalue weighted by Gasteiger charge is 2.40. The molecule has 0 aliphatic carbocycles. The molecule has 5 rings (SSSR count). The zero-order chi connectivity index (χ0) is 30.1. The van der Waals surface area contributed by atoms with Crippen LogP contribution < -0.4 is 10.2 Å². The van der Waals surface area contributed by atoms with Crippen LogP contribution in [0.1, 0.15) is 74.3 Å². The molecule has 2 aromatic heterocycles. The van der Waals surface area contributed by atoms with E-state index in [0.717, 1.165) is 68.2 Å². The predicted octanol–water partition coefficient (Wildman–Crippen LogP) is 4.65. The van der Waals surface area contributed by atoms with Crippen LogP contribution in [0.4, 0.5) is 0 Å². The van der Waals surface area contributed by atoms with Gasteiger partial charge in [0.1, 0.15) is 11.3 Å². The van der Waals surface area contributed by atoms with Crippen molar-refractivity contribution in [3.8, 4) is 5.75 Å². The third-order valence-electron chi connectivity index (χ3n) is 8.89. The molecule has 2 aliphatic heterocycles. The first-order valence-electron chi connectivity index (χ1n) is 15.8. The van der Waals surface area contributed by atoms with E-state index in [1.807, 2.05) is 22.4 Å². The summed E-state index contributed by atoms with van der Waals surface area (Å²) in [7, 11) is 0. The van der Waals surface area contributed by atoms with E-state index in [4.69, 9.17) is 4.74 Å². The molecule has 1 amide bonds. The number of nitrogens with zero attached hydrogens (tertiary/aromatic N) is 2. The number of thiophene rings is 1. The molecule has 2 fully saturated rings. The third-order valence-corrected chi connectivity index (χ3v) is 10.7. The van der Waals surface area contributed by atoms with Gasteiger partial charge in [0, 0.05) is 43.2 Å². The first-order chi connectivity index (χ1) is 20.9. The normalized spacial score (nSPS) is 18.0. The molecule has 4 heterocycles. The number of carbonyl (C=O) groups is 1. The van der Waals surface area contributed by atoms with Crippen LogP contribution in [-0.2, 0) is 16.0 Å². The van der Waals surface area contributed by atoms with Crippen LogP contribution in [0, 0.1) is 0 Å². The van der Waals surface area contributed by atoms with Gasteiger partial charge in [-0.15, -0.1) is 11.3 Å². The maximum absolute atomic E-state index is 12.8. The number of fused-ring (bicyclic) bond motifs is 1. The Balaban J connectivity index is 0.874. The lowest BCUT2D eigenvalue weighted by molar-refractivity contribution is -0.158. The highest BCUT2D eigenvalue weighted by Crippen LogP contribution is 2.32. The van der Waals surface area contributed by atoms with Crippen LogP contribution in [0.5, 0.6) is 5.75 Å². The molecule has 1 spiro atoms. The molecule has 0 unspecified atom stereocenters. The van der Waals surface area contributed by atoms with E-state index in [9.17, 15) is 19.8 Å². The Morgan fingerprint density at radius 2 is 1.84 bits per heavy atom. The largest absolute Gasteiger partial charge is 0.506 e. The summed E-state index contributed by atoms with van der Waals surface area (Å²) >= 11 is 2.67. The Hall–Kier alpha value is -2.28. The lowest BCUT2D eigenvalue weighted by Gasteiger charge is -2.47. The molecule has 9 nitrogen and oxygen atoms in total. The Labute approximate surface area is 261 Å². The van der Waals surface area contributed by atoms with Gasteiger partial charge in [-0.1, -0.05) is 55.6 Å². The molecule has 1 atom stereocenters. The number of unbranched alkanes of at least 4 members (excludes halogenated alkanes) is 6. The number of thiazole rings is 1. The van der Waals surface area contributed by atoms with Crippen LogP contribution in [0.2, 0.25) is 0 Å². The van der Waals surface area contributed by atoms with Crippen molar-refractivity contribution in [2.45, 2.75) is 75.9 Å². The summed E-state index contributed by atoms with van der Waals surface area (Å²) in [6, 6.07) is 7.25. The smallest absolute Gasteiger partial charge is 0.305 e. The Kier molecular flexibility index (Phi) is 11.7. The molecule has 43 heavy (non-hydrogen) atoms. The number of amides is 1. The molecule has 1 aromatic carbocycles. The second-order valence-electron chi connectivity index (χ2n) is 12.0. The molecule has 4 N–H and O–H groups in total. The Morgan fingerprint density at radius 3 is 2.60 bits per heavy atom. The van der Waals surface area contributed by atoms with Gasteiger partial charge in [0.05, 0.1) is 29.4 Å². The van der Waals surface area contributed by atoms with Crippen LogP contribution in [-0.4, -0.2) is 88.9 Å². The standard InChI is InChI=1S/C32H46N4O5S2/c37-26-11-10-25(30-29(26)34-31(40)43-30)27(38)22-33-14-6-4-2-1-3-5-7-15-35-16-12-32(13-17-35)23-36(18-19-41-32)28(39)21-24-9-8-20-42-24/h8-11,20,27,33,37-38H,1-7,12-19,21-23H2,(H,34,40)/t27-/m0/s1. The fourth-order valence-electron chi connectivity index (χ4n) is 6.34. The number of nitrogens with one attached hydrogen (secondary N) is 2. The van der Waals surface area contributed by atoms with Crippen molar-refractivity contribution >= 4 is 38.8 Å². The average molecular weight is 631 g/mol. The quantitative estimate of drug-likeness (QED) is 0.181. The van der Waals surface area contributed by atoms with Crippen molar-refractivity contribution in [2.24, 2.45) is 0 Å². The minimum Gasteiger partial charge on any atom is -0.506 e. The minimum absolute atomic E-state index is 0.0267. The second kappa shape index (κ2) is 15.6. The van der Waals surface area contributed by atoms with Crippen molar-refractivity contribution in [3.63, 3.8) is 0 Å². The van der Waals surface area contributed by atoms with Gasteiger partial charge in [-0.25, -0.2) is 0 Å². The number of aliphatic hydroxyl groups is 1. The fourth-order valence-corrected chi connectivity index (χ4v) is 7.95. The summed E-state index contributed by atoms with van der Waals surface area (Å²) in [4.78, 5) is 32.6. The molecule has 0 bridgehead atoms. The summed E-state index contributed by atoms with van der Waals surface area (Å²) in [5.41, 5.74) is 0.907. The number of phenols is 1. The zero-order valence-electron chi connectivity index (χ0n) is 25.0. The van der Waals surface area contributed by atoms with Gasteiger partial charge < -0.3 is 35.1 Å². The monoisotopic (exact) mass is 630 g/mol. The van der Waals surface area contributed by atoms with Crippen molar-refractivity contribution in [1.29, 1.82) is 0 Å². The number of hydrogen-bond donors (Lipinski definition) is 4. The summed E-state index contributed by atoms with van der Waals surface area (Å²) in [6.45, 7) is 6.62. The Morgan fingerprint density at radius 1 is 1.07 bits per heavy atom. The van der Waals surface area contributed by atoms with E-state index in [1.54, 1.807) is 17.4 Å². The molecule has 0 saturated carbocycles. The molecule has 2 aliphatic rings. The number of H-pyrrole nitrogens is 1. The van der Waals surface area contributed by atoms with Crippen molar-refractivity contribution in [1.82, 2.24) is 20.1 Å². The van der Waals surface area contributed by atoms with Gasteiger partial charge in [0.15, 0.2) is 0 Å². The first-order valence-corrected chi connectivity index (χ1v) is 17.5. The number of aliphatic hydroxyl groups excluding tert-OH is 1. The van der Waals surface area contributed by atoms with E-state index < -0.39 is 6.10 Å². The summed E-state index contributed by atoms with van der Waals surface area (Å²) in [5.74, 6) is 0.256. The highest BCUT2D eigenvalue weighted by molar-refractivity contribution is 7.16. The van der Waals surface area contributed by atoms with Crippen molar-refractivity contribution < 1.29 is 19.7 Å². The van der Waals surface area contributed by atoms with E-state index in [1.165, 1.54) is 44.6 Å². The van der Waals surface area contributed by atoms with Crippen molar-refractivity contribution in [3.05, 3.63) is 49.8 Å². The number of benzene rings is 1. The number of aromatic hydroxyl groups is 1. The maximum Gasteiger partial charge on any atom is 0.305 e. The van der Waals surface area contributed by atoms with Gasteiger partial charge in [0.2, 0.25) is 5.91 Å². The molecular formula is C32H46N4O5S2. The predicted molar refractivity (Wildman–Crippen MR) is 173 cm³/mol. The third kappa shape index (κ3) is 8.89. The highest BCUT2D eigenvalue weighted by atomic mass is 32.1. The van der Waals surface area contributed by atoms with E-state index >= 15 is 0 Å². The summed E-state index contributed by atoms with van der Waals surface area (Å²) in [6.07, 6.45) is 10.3. The van der Waals surface area contributed by atoms with E-state index in [0.29, 0.717) is 41.9 Å². The lowest BCUT2D eigenvalue weighted by atomic mass is 9.89. The van der Waals surface area contributed by atoms with Gasteiger partial charge in [-0.2, -0.15) is 0 Å². The van der Waals surface area contributed by atoms with Crippen LogP contribution in [0.15, 0.2) is 34.4 Å². The number of carbonyl (C=O) groups excluding carboxylic acids is 1. The van der Waals surface area contributed by atoms with Crippen LogP contribution >= 0.6 is 22.7 Å². The first kappa shape index (κ1) is 32.1. The number of aromatic nitrogens is 1. The number of ether oxygens (including phenoxy) is 1. The fraction of sp³-hybridized carbons (Fsp3) is 0.625. The van der Waals surface area contributed by atoms with Crippen LogP contribution in [0.25, 0.3) is 10.2 Å². The van der Waals surface area contributed by atoms with Crippen LogP contribution in [0.3, 0.4) is 0 Å². The maximum atomic E-state index is 12.8. The number of morpholine rings is 1. The molecule has 11 heteroatoms. The van der Waals surface area contributed by atoms with E-state index in [-0.39, 0.29) is 22.1 Å². The number of piperidine rings is 1. The Bertz CT molecular complexity index is 1350. The summed E-state index contributed by atoms with van der Waals surface area (Å²) < 4.78 is 6.89. The number of likely N-dealkylation sites (tertiary alicyclic amines) is 1. The number of hydrogen-bond acceptors (Lipinski definition) is 9. The molecule has 0 radical (unpaired) electrons. The average Bonchev–Trinajstić information content (AvgIpc) is 3.67. The SMILES string of the molecule is O=C(Cc1cccs1)N1CCOC2(CCN(CCCCCCCCCNC[C@H](O)c3ccc(O)c4[nH]c(=O)sc34)CC2)C1. The lowest BCUT2D eigenvalue weighted by Crippen LogP contribution is -2.58. The molecule has 236 valence electrons. The minimum atomic E-state index is -0.726. The second-order valence-corrected chi connectivity index (χ2v) is 14.0. The number of rotatable bonds is 15. The molecule has 2 saturated heterocycles. The van der Waals surface area contributed by atoms with Gasteiger partial charge in [-0.05, 0) is 56.3 Å². The molecule has 3 aromatic rings. The number of aromatic amines is 1. The molecular weight excluding hydrogens is 585 g/mol.